The molecular weight excluding hydrogens is 508 g/mol. The Morgan fingerprint density at radius 3 is 1.66 bits per heavy atom. The van der Waals surface area contributed by atoms with E-state index in [1.807, 2.05) is 0 Å². The van der Waals surface area contributed by atoms with Gasteiger partial charge in [-0.15, -0.1) is 0 Å². The minimum atomic E-state index is -0.571. The summed E-state index contributed by atoms with van der Waals surface area (Å²) in [5.74, 6) is -0.238. The zero-order valence-electron chi connectivity index (χ0n) is 26.5. The molecule has 1 atom stereocenters. The molecule has 0 aliphatic heterocycles. The van der Waals surface area contributed by atoms with E-state index >= 15 is 0 Å². The first kappa shape index (κ1) is 38.8. The molecule has 1 unspecified atom stereocenters. The first-order valence-corrected chi connectivity index (χ1v) is 16.5. The van der Waals surface area contributed by atoms with E-state index in [0.717, 1.165) is 70.6 Å². The number of unbranched alkanes of at least 4 members (excludes halogenated alkanes) is 9. The topological polar surface area (TPSA) is 55.8 Å². The van der Waals surface area contributed by atoms with Crippen molar-refractivity contribution in [3.05, 3.63) is 72.9 Å². The Morgan fingerprint density at radius 1 is 0.610 bits per heavy atom. The molecule has 0 spiro atoms. The summed E-state index contributed by atoms with van der Waals surface area (Å²) in [5.41, 5.74) is 0. The Kier molecular flexibility index (Phi) is 32.2. The van der Waals surface area contributed by atoms with Gasteiger partial charge in [-0.1, -0.05) is 119 Å². The third-order valence-corrected chi connectivity index (χ3v) is 6.52. The normalized spacial score (nSPS) is 13.3. The molecule has 0 aromatic carbocycles. The Morgan fingerprint density at radius 2 is 1.10 bits per heavy atom. The van der Waals surface area contributed by atoms with Gasteiger partial charge in [-0.3, -0.25) is 4.79 Å². The van der Waals surface area contributed by atoms with Crippen LogP contribution in [0.4, 0.5) is 0 Å². The van der Waals surface area contributed by atoms with Crippen LogP contribution in [0.2, 0.25) is 0 Å². The molecule has 0 saturated carbocycles. The number of aliphatic hydroxyl groups excluding tert-OH is 1. The lowest BCUT2D eigenvalue weighted by atomic mass is 10.1. The van der Waals surface area contributed by atoms with Crippen LogP contribution in [0.3, 0.4) is 0 Å². The van der Waals surface area contributed by atoms with E-state index in [1.165, 1.54) is 38.5 Å². The number of hydrogen-bond acceptors (Lipinski definition) is 4. The third-order valence-electron chi connectivity index (χ3n) is 6.52. The predicted molar refractivity (Wildman–Crippen MR) is 177 cm³/mol. The highest BCUT2D eigenvalue weighted by Crippen LogP contribution is 2.10. The van der Waals surface area contributed by atoms with Crippen molar-refractivity contribution in [2.24, 2.45) is 0 Å². The molecule has 0 bridgehead atoms. The fraction of sp³-hybridized carbons (Fsp3) is 0.649. The number of hydrogen-bond donors (Lipinski definition) is 1. The number of carbonyl (C=O) groups excluding carboxylic acids is 1. The second-order valence-corrected chi connectivity index (χ2v) is 10.5. The number of carbonyl (C=O) groups is 1. The summed E-state index contributed by atoms with van der Waals surface area (Å²) in [5, 5.41) is 9.51. The van der Waals surface area contributed by atoms with Gasteiger partial charge in [0.1, 0.15) is 6.10 Å². The SMILES string of the molecule is CC/C=C\C/C=C\C/C=C\C/C=C\CCCOCC(CO)OC(=O)CCCCCCC/C=C\C/C=C\CCCCC. The quantitative estimate of drug-likeness (QED) is 0.0552. The van der Waals surface area contributed by atoms with E-state index in [0.29, 0.717) is 13.0 Å². The predicted octanol–water partition coefficient (Wildman–Crippen LogP) is 10.3. The highest BCUT2D eigenvalue weighted by molar-refractivity contribution is 5.69. The van der Waals surface area contributed by atoms with Crippen LogP contribution in [0.25, 0.3) is 0 Å². The van der Waals surface area contributed by atoms with Crippen molar-refractivity contribution in [2.45, 2.75) is 136 Å². The molecule has 0 aromatic heterocycles. The summed E-state index contributed by atoms with van der Waals surface area (Å²) in [6.07, 6.45) is 45.1. The molecule has 0 rings (SSSR count). The molecule has 234 valence electrons. The Labute approximate surface area is 253 Å². The Hall–Kier alpha value is -2.17. The van der Waals surface area contributed by atoms with Crippen LogP contribution < -0.4 is 0 Å². The number of ether oxygens (including phenoxy) is 2. The molecule has 1 N–H and O–H groups in total. The molecule has 0 radical (unpaired) electrons. The van der Waals surface area contributed by atoms with Crippen LogP contribution in [0, 0.1) is 0 Å². The van der Waals surface area contributed by atoms with Gasteiger partial charge >= 0.3 is 5.97 Å². The summed E-state index contributed by atoms with van der Waals surface area (Å²) < 4.78 is 11.0. The van der Waals surface area contributed by atoms with E-state index in [-0.39, 0.29) is 19.2 Å². The monoisotopic (exact) mass is 570 g/mol. The van der Waals surface area contributed by atoms with Gasteiger partial charge < -0.3 is 14.6 Å². The van der Waals surface area contributed by atoms with Crippen molar-refractivity contribution in [3.8, 4) is 0 Å². The average Bonchev–Trinajstić information content (AvgIpc) is 2.98. The van der Waals surface area contributed by atoms with Crippen molar-refractivity contribution in [3.63, 3.8) is 0 Å². The molecule has 0 saturated heterocycles. The molecule has 0 aliphatic carbocycles. The third kappa shape index (κ3) is 32.2. The number of aliphatic hydroxyl groups is 1. The van der Waals surface area contributed by atoms with Crippen LogP contribution in [0.5, 0.6) is 0 Å². The maximum absolute atomic E-state index is 12.1. The minimum absolute atomic E-state index is 0.204. The molecule has 0 aromatic rings. The second-order valence-electron chi connectivity index (χ2n) is 10.5. The first-order valence-electron chi connectivity index (χ1n) is 16.5. The van der Waals surface area contributed by atoms with Gasteiger partial charge in [-0.05, 0) is 77.0 Å². The van der Waals surface area contributed by atoms with Crippen LogP contribution in [-0.2, 0) is 14.3 Å². The van der Waals surface area contributed by atoms with Crippen molar-refractivity contribution in [1.82, 2.24) is 0 Å². The smallest absolute Gasteiger partial charge is 0.306 e. The van der Waals surface area contributed by atoms with Crippen LogP contribution in [-0.4, -0.2) is 37.0 Å². The van der Waals surface area contributed by atoms with E-state index in [4.69, 9.17) is 9.47 Å². The van der Waals surface area contributed by atoms with E-state index < -0.39 is 6.10 Å². The van der Waals surface area contributed by atoms with Gasteiger partial charge in [0.25, 0.3) is 0 Å². The summed E-state index contributed by atoms with van der Waals surface area (Å²) in [6.45, 7) is 5.03. The van der Waals surface area contributed by atoms with Crippen LogP contribution in [0.1, 0.15) is 129 Å². The summed E-state index contributed by atoms with van der Waals surface area (Å²) in [4.78, 5) is 12.1. The fourth-order valence-corrected chi connectivity index (χ4v) is 4.07. The maximum Gasteiger partial charge on any atom is 0.306 e. The molecule has 0 aliphatic rings. The average molecular weight is 571 g/mol. The lowest BCUT2D eigenvalue weighted by molar-refractivity contribution is -0.154. The molecule has 0 heterocycles. The highest BCUT2D eigenvalue weighted by atomic mass is 16.6. The fourth-order valence-electron chi connectivity index (χ4n) is 4.07. The van der Waals surface area contributed by atoms with Crippen molar-refractivity contribution < 1.29 is 19.4 Å². The number of esters is 1. The number of rotatable bonds is 29. The molecular formula is C37H62O4. The summed E-state index contributed by atoms with van der Waals surface area (Å²) in [7, 11) is 0. The molecule has 0 amide bonds. The number of allylic oxidation sites excluding steroid dienone is 12. The Balaban J connectivity index is 3.62. The van der Waals surface area contributed by atoms with Gasteiger partial charge in [0, 0.05) is 13.0 Å². The second kappa shape index (κ2) is 34.0. The largest absolute Gasteiger partial charge is 0.457 e. The van der Waals surface area contributed by atoms with E-state index in [1.54, 1.807) is 0 Å². The standard InChI is InChI=1S/C37H62O4/c1-3-5-7-9-11-13-15-17-19-20-22-24-26-28-30-32-37(39)41-36(34-38)35-40-33-31-29-27-25-23-21-18-16-14-12-10-8-6-4-2/h6,8,11-14,17-19,21,25,27,36,38H,3-5,7,9-10,15-16,20,22-24,26,28-35H2,1-2H3/b8-6-,13-11-,14-12-,19-17-,21-18-,27-25-. The summed E-state index contributed by atoms with van der Waals surface area (Å²) >= 11 is 0. The summed E-state index contributed by atoms with van der Waals surface area (Å²) in [6, 6.07) is 0. The lowest BCUT2D eigenvalue weighted by Gasteiger charge is -2.15. The minimum Gasteiger partial charge on any atom is -0.457 e. The van der Waals surface area contributed by atoms with E-state index in [2.05, 4.69) is 86.8 Å². The van der Waals surface area contributed by atoms with Gasteiger partial charge in [0.2, 0.25) is 0 Å². The van der Waals surface area contributed by atoms with E-state index in [9.17, 15) is 9.90 Å². The first-order chi connectivity index (χ1) is 20.2. The zero-order chi connectivity index (χ0) is 29.9. The van der Waals surface area contributed by atoms with Crippen molar-refractivity contribution in [2.75, 3.05) is 19.8 Å². The lowest BCUT2D eigenvalue weighted by Crippen LogP contribution is -2.27. The van der Waals surface area contributed by atoms with Gasteiger partial charge in [-0.25, -0.2) is 0 Å². The van der Waals surface area contributed by atoms with Gasteiger partial charge in [-0.2, -0.15) is 0 Å². The molecule has 0 fully saturated rings. The van der Waals surface area contributed by atoms with Crippen molar-refractivity contribution >= 4 is 5.97 Å². The highest BCUT2D eigenvalue weighted by Gasteiger charge is 2.13. The molecule has 41 heavy (non-hydrogen) atoms. The molecule has 4 nitrogen and oxygen atoms in total. The zero-order valence-corrected chi connectivity index (χ0v) is 26.5. The van der Waals surface area contributed by atoms with Crippen molar-refractivity contribution in [1.29, 1.82) is 0 Å². The van der Waals surface area contributed by atoms with Gasteiger partial charge in [0.15, 0.2) is 0 Å². The van der Waals surface area contributed by atoms with Crippen LogP contribution in [0.15, 0.2) is 72.9 Å². The molecule has 4 heteroatoms. The Bertz CT molecular complexity index is 729. The van der Waals surface area contributed by atoms with Gasteiger partial charge in [0.05, 0.1) is 13.2 Å². The maximum atomic E-state index is 12.1. The van der Waals surface area contributed by atoms with Crippen LogP contribution >= 0.6 is 0 Å².